The molecule has 0 fully saturated rings. The highest BCUT2D eigenvalue weighted by atomic mass is 32.2. The van der Waals surface area contributed by atoms with Gasteiger partial charge in [0.2, 0.25) is 5.91 Å². The SMILES string of the molecule is CC(=O)Nc1ccc(Nc2ccccc2S(=O)(=O)O)cc1. The molecule has 2 aromatic rings. The molecule has 2 rings (SSSR count). The molecule has 7 heteroatoms. The first kappa shape index (κ1) is 15.0. The van der Waals surface area contributed by atoms with E-state index in [4.69, 9.17) is 0 Å². The number of hydrogen-bond donors (Lipinski definition) is 3. The second kappa shape index (κ2) is 5.94. The van der Waals surface area contributed by atoms with Crippen LogP contribution in [-0.4, -0.2) is 18.9 Å². The molecule has 0 saturated heterocycles. The highest BCUT2D eigenvalue weighted by molar-refractivity contribution is 7.86. The Morgan fingerprint density at radius 3 is 2.14 bits per heavy atom. The smallest absolute Gasteiger partial charge is 0.296 e. The number of carbonyl (C=O) groups excluding carboxylic acids is 1. The molecular formula is C14H14N2O4S. The molecule has 0 heterocycles. The third kappa shape index (κ3) is 4.04. The minimum absolute atomic E-state index is 0.174. The summed E-state index contributed by atoms with van der Waals surface area (Å²) in [4.78, 5) is 10.7. The summed E-state index contributed by atoms with van der Waals surface area (Å²) in [6.45, 7) is 1.41. The average Bonchev–Trinajstić information content (AvgIpc) is 2.40. The van der Waals surface area contributed by atoms with Gasteiger partial charge in [0.25, 0.3) is 10.1 Å². The van der Waals surface area contributed by atoms with E-state index in [0.29, 0.717) is 11.4 Å². The molecule has 6 nitrogen and oxygen atoms in total. The van der Waals surface area contributed by atoms with Crippen molar-refractivity contribution in [2.45, 2.75) is 11.8 Å². The maximum Gasteiger partial charge on any atom is 0.296 e. The molecule has 2 aromatic carbocycles. The van der Waals surface area contributed by atoms with Crippen LogP contribution in [0.2, 0.25) is 0 Å². The van der Waals surface area contributed by atoms with Crippen molar-refractivity contribution in [1.82, 2.24) is 0 Å². The van der Waals surface area contributed by atoms with E-state index in [1.807, 2.05) is 0 Å². The van der Waals surface area contributed by atoms with E-state index in [1.54, 1.807) is 36.4 Å². The predicted molar refractivity (Wildman–Crippen MR) is 80.3 cm³/mol. The number of benzene rings is 2. The van der Waals surface area contributed by atoms with Crippen molar-refractivity contribution < 1.29 is 17.8 Å². The first-order chi connectivity index (χ1) is 9.86. The summed E-state index contributed by atoms with van der Waals surface area (Å²) in [5.74, 6) is -0.174. The number of carbonyl (C=O) groups is 1. The Labute approximate surface area is 122 Å². The van der Waals surface area contributed by atoms with Gasteiger partial charge in [-0.05, 0) is 36.4 Å². The zero-order valence-corrected chi connectivity index (χ0v) is 12.0. The van der Waals surface area contributed by atoms with E-state index in [-0.39, 0.29) is 16.5 Å². The Balaban J connectivity index is 2.25. The second-order valence-electron chi connectivity index (χ2n) is 4.35. The highest BCUT2D eigenvalue weighted by Gasteiger charge is 2.14. The molecular weight excluding hydrogens is 292 g/mol. The third-order valence-electron chi connectivity index (χ3n) is 2.65. The van der Waals surface area contributed by atoms with Gasteiger partial charge >= 0.3 is 0 Å². The minimum atomic E-state index is -4.30. The van der Waals surface area contributed by atoms with Crippen LogP contribution < -0.4 is 10.6 Å². The van der Waals surface area contributed by atoms with Gasteiger partial charge in [-0.2, -0.15) is 8.42 Å². The van der Waals surface area contributed by atoms with Crippen molar-refractivity contribution in [3.8, 4) is 0 Å². The Bertz CT molecular complexity index is 755. The van der Waals surface area contributed by atoms with E-state index in [0.717, 1.165) is 0 Å². The number of para-hydroxylation sites is 1. The van der Waals surface area contributed by atoms with E-state index < -0.39 is 10.1 Å². The van der Waals surface area contributed by atoms with Gasteiger partial charge in [0.1, 0.15) is 4.90 Å². The first-order valence-electron chi connectivity index (χ1n) is 6.07. The van der Waals surface area contributed by atoms with Crippen molar-refractivity contribution in [1.29, 1.82) is 0 Å². The highest BCUT2D eigenvalue weighted by Crippen LogP contribution is 2.25. The quantitative estimate of drug-likeness (QED) is 0.755. The molecule has 0 spiro atoms. The Kier molecular flexibility index (Phi) is 4.25. The molecule has 21 heavy (non-hydrogen) atoms. The van der Waals surface area contributed by atoms with Crippen LogP contribution in [0.1, 0.15) is 6.92 Å². The van der Waals surface area contributed by atoms with Crippen molar-refractivity contribution >= 4 is 33.1 Å². The van der Waals surface area contributed by atoms with Gasteiger partial charge in [0.05, 0.1) is 5.69 Å². The Hall–Kier alpha value is -2.38. The predicted octanol–water partition coefficient (Wildman–Crippen LogP) is 2.64. The molecule has 110 valence electrons. The monoisotopic (exact) mass is 306 g/mol. The topological polar surface area (TPSA) is 95.5 Å². The number of rotatable bonds is 4. The number of nitrogens with one attached hydrogen (secondary N) is 2. The summed E-state index contributed by atoms with van der Waals surface area (Å²) < 4.78 is 31.8. The Morgan fingerprint density at radius 1 is 1.00 bits per heavy atom. The maximum atomic E-state index is 11.3. The molecule has 0 aliphatic carbocycles. The van der Waals surface area contributed by atoms with Crippen LogP contribution in [0.5, 0.6) is 0 Å². The summed E-state index contributed by atoms with van der Waals surface area (Å²) >= 11 is 0. The fraction of sp³-hybridized carbons (Fsp3) is 0.0714. The molecule has 0 aliphatic rings. The molecule has 1 amide bonds. The normalized spacial score (nSPS) is 11.0. The van der Waals surface area contributed by atoms with E-state index >= 15 is 0 Å². The number of anilines is 3. The van der Waals surface area contributed by atoms with Gasteiger partial charge in [-0.25, -0.2) is 0 Å². The summed E-state index contributed by atoms with van der Waals surface area (Å²) in [6, 6.07) is 12.8. The van der Waals surface area contributed by atoms with E-state index in [1.165, 1.54) is 19.1 Å². The molecule has 0 unspecified atom stereocenters. The molecule has 0 saturated carbocycles. The van der Waals surface area contributed by atoms with Crippen molar-refractivity contribution in [2.24, 2.45) is 0 Å². The van der Waals surface area contributed by atoms with Crippen LogP contribution in [0, 0.1) is 0 Å². The van der Waals surface area contributed by atoms with Crippen LogP contribution in [0.3, 0.4) is 0 Å². The fourth-order valence-corrected chi connectivity index (χ4v) is 2.44. The van der Waals surface area contributed by atoms with Gasteiger partial charge in [0.15, 0.2) is 0 Å². The lowest BCUT2D eigenvalue weighted by atomic mass is 10.2. The molecule has 3 N–H and O–H groups in total. The minimum Gasteiger partial charge on any atom is -0.354 e. The molecule has 0 bridgehead atoms. The van der Waals surface area contributed by atoms with Gasteiger partial charge < -0.3 is 10.6 Å². The van der Waals surface area contributed by atoms with Crippen LogP contribution in [0.15, 0.2) is 53.4 Å². The third-order valence-corrected chi connectivity index (χ3v) is 3.56. The summed E-state index contributed by atoms with van der Waals surface area (Å²) in [7, 11) is -4.30. The summed E-state index contributed by atoms with van der Waals surface area (Å²) in [6.07, 6.45) is 0. The molecule has 0 aromatic heterocycles. The van der Waals surface area contributed by atoms with Gasteiger partial charge in [-0.3, -0.25) is 9.35 Å². The Morgan fingerprint density at radius 2 is 1.57 bits per heavy atom. The second-order valence-corrected chi connectivity index (χ2v) is 5.74. The van der Waals surface area contributed by atoms with Crippen molar-refractivity contribution in [3.63, 3.8) is 0 Å². The zero-order chi connectivity index (χ0) is 15.5. The fourth-order valence-electron chi connectivity index (χ4n) is 1.79. The molecule has 0 radical (unpaired) electrons. The van der Waals surface area contributed by atoms with Crippen LogP contribution in [-0.2, 0) is 14.9 Å². The van der Waals surface area contributed by atoms with Crippen molar-refractivity contribution in [3.05, 3.63) is 48.5 Å². The molecule has 0 aliphatic heterocycles. The lowest BCUT2D eigenvalue weighted by molar-refractivity contribution is -0.114. The van der Waals surface area contributed by atoms with Gasteiger partial charge in [-0.15, -0.1) is 0 Å². The van der Waals surface area contributed by atoms with Crippen molar-refractivity contribution in [2.75, 3.05) is 10.6 Å². The number of amides is 1. The summed E-state index contributed by atoms with van der Waals surface area (Å²) in [5.41, 5.74) is 1.53. The van der Waals surface area contributed by atoms with Crippen LogP contribution in [0.4, 0.5) is 17.1 Å². The number of hydrogen-bond acceptors (Lipinski definition) is 4. The zero-order valence-electron chi connectivity index (χ0n) is 11.2. The summed E-state index contributed by atoms with van der Waals surface area (Å²) in [5, 5.41) is 5.54. The van der Waals surface area contributed by atoms with Gasteiger partial charge in [0, 0.05) is 18.3 Å². The van der Waals surface area contributed by atoms with E-state index in [9.17, 15) is 17.8 Å². The van der Waals surface area contributed by atoms with Gasteiger partial charge in [-0.1, -0.05) is 12.1 Å². The maximum absolute atomic E-state index is 11.3. The van der Waals surface area contributed by atoms with E-state index in [2.05, 4.69) is 10.6 Å². The van der Waals surface area contributed by atoms with Crippen LogP contribution >= 0.6 is 0 Å². The lowest BCUT2D eigenvalue weighted by Gasteiger charge is -2.10. The average molecular weight is 306 g/mol. The lowest BCUT2D eigenvalue weighted by Crippen LogP contribution is -2.06. The standard InChI is InChI=1S/C14H14N2O4S/c1-10(17)15-11-6-8-12(9-7-11)16-13-4-2-3-5-14(13)21(18,19)20/h2-9,16H,1H3,(H,15,17)(H,18,19,20). The van der Waals surface area contributed by atoms with Crippen LogP contribution in [0.25, 0.3) is 0 Å². The first-order valence-corrected chi connectivity index (χ1v) is 7.51. The molecule has 0 atom stereocenters. The largest absolute Gasteiger partial charge is 0.354 e.